The fraction of sp³-hybridized carbons (Fsp3) is 0.529. The lowest BCUT2D eigenvalue weighted by Gasteiger charge is -2.29. The van der Waals surface area contributed by atoms with Crippen molar-refractivity contribution in [3.05, 3.63) is 44.9 Å². The molecule has 3 heterocycles. The molecule has 1 aliphatic heterocycles. The predicted octanol–water partition coefficient (Wildman–Crippen LogP) is 3.39. The SMILES string of the molecule is CCOC(=O)C1CC(C(F)(F)F)Cc2nn(Cc3ncc(C(F)(F)F)cc3Cl)c(=O)n21. The normalized spacial score (nSPS) is 19.2. The van der Waals surface area contributed by atoms with Gasteiger partial charge in [0.05, 0.1) is 35.3 Å². The number of ether oxygens (including phenoxy) is 1. The van der Waals surface area contributed by atoms with E-state index in [2.05, 4.69) is 10.1 Å². The van der Waals surface area contributed by atoms with Crippen LogP contribution in [0.3, 0.4) is 0 Å². The van der Waals surface area contributed by atoms with Gasteiger partial charge in [0.15, 0.2) is 0 Å². The maximum Gasteiger partial charge on any atom is 0.417 e. The number of fused-ring (bicyclic) bond motifs is 1. The summed E-state index contributed by atoms with van der Waals surface area (Å²) in [7, 11) is 0. The first-order valence-corrected chi connectivity index (χ1v) is 9.33. The number of rotatable bonds is 4. The minimum absolute atomic E-state index is 0.102. The molecular formula is C17H15ClF6N4O3. The van der Waals surface area contributed by atoms with Crippen molar-refractivity contribution >= 4 is 17.6 Å². The lowest BCUT2D eigenvalue weighted by Crippen LogP contribution is -2.41. The quantitative estimate of drug-likeness (QED) is 0.503. The van der Waals surface area contributed by atoms with E-state index in [1.807, 2.05) is 0 Å². The monoisotopic (exact) mass is 472 g/mol. The molecule has 0 saturated heterocycles. The molecule has 0 bridgehead atoms. The Labute approximate surface area is 175 Å². The molecule has 31 heavy (non-hydrogen) atoms. The fourth-order valence-electron chi connectivity index (χ4n) is 3.27. The second-order valence-electron chi connectivity index (χ2n) is 6.82. The zero-order chi connectivity index (χ0) is 23.1. The standard InChI is InChI=1S/C17H15ClF6N4O3/c1-2-31-14(29)12-4-8(16(19,20)21)5-13-26-27(15(30)28(12)13)7-11-10(18)3-9(6-25-11)17(22,23)24/h3,6,8,12H,2,4-5,7H2,1H3. The van der Waals surface area contributed by atoms with Gasteiger partial charge in [-0.3, -0.25) is 9.55 Å². The van der Waals surface area contributed by atoms with Crippen molar-refractivity contribution in [2.75, 3.05) is 6.61 Å². The molecule has 0 spiro atoms. The van der Waals surface area contributed by atoms with Crippen LogP contribution in [0.25, 0.3) is 0 Å². The van der Waals surface area contributed by atoms with Crippen LogP contribution in [0.5, 0.6) is 0 Å². The average Bonchev–Trinajstić information content (AvgIpc) is 2.97. The van der Waals surface area contributed by atoms with Gasteiger partial charge in [0.2, 0.25) is 0 Å². The number of alkyl halides is 6. The van der Waals surface area contributed by atoms with Gasteiger partial charge in [-0.15, -0.1) is 0 Å². The van der Waals surface area contributed by atoms with E-state index in [1.54, 1.807) is 0 Å². The lowest BCUT2D eigenvalue weighted by atomic mass is 9.91. The van der Waals surface area contributed by atoms with Gasteiger partial charge < -0.3 is 4.74 Å². The molecule has 170 valence electrons. The summed E-state index contributed by atoms with van der Waals surface area (Å²) in [4.78, 5) is 28.6. The molecule has 0 saturated carbocycles. The Morgan fingerprint density at radius 2 is 1.97 bits per heavy atom. The number of esters is 1. The van der Waals surface area contributed by atoms with Crippen LogP contribution in [0, 0.1) is 5.92 Å². The smallest absolute Gasteiger partial charge is 0.417 e. The number of nitrogens with zero attached hydrogens (tertiary/aromatic N) is 4. The molecule has 7 nitrogen and oxygen atoms in total. The molecule has 2 unspecified atom stereocenters. The Bertz CT molecular complexity index is 1050. The number of carbonyl (C=O) groups is 1. The van der Waals surface area contributed by atoms with Gasteiger partial charge in [-0.2, -0.15) is 31.4 Å². The molecule has 0 N–H and O–H groups in total. The first-order chi connectivity index (χ1) is 14.3. The largest absolute Gasteiger partial charge is 0.464 e. The minimum atomic E-state index is -4.68. The molecule has 14 heteroatoms. The molecule has 0 radical (unpaired) electrons. The number of hydrogen-bond donors (Lipinski definition) is 0. The summed E-state index contributed by atoms with van der Waals surface area (Å²) in [6.45, 7) is 0.866. The maximum atomic E-state index is 13.3. The zero-order valence-corrected chi connectivity index (χ0v) is 16.6. The van der Waals surface area contributed by atoms with Crippen molar-refractivity contribution in [1.29, 1.82) is 0 Å². The second kappa shape index (κ2) is 8.17. The molecule has 3 rings (SSSR count). The molecule has 1 aliphatic rings. The number of hydrogen-bond acceptors (Lipinski definition) is 5. The summed E-state index contributed by atoms with van der Waals surface area (Å²) < 4.78 is 84.5. The number of carbonyl (C=O) groups excluding carboxylic acids is 1. The Morgan fingerprint density at radius 3 is 2.52 bits per heavy atom. The van der Waals surface area contributed by atoms with Crippen molar-refractivity contribution in [1.82, 2.24) is 19.3 Å². The van der Waals surface area contributed by atoms with Gasteiger partial charge in [-0.25, -0.2) is 14.3 Å². The number of pyridine rings is 1. The van der Waals surface area contributed by atoms with Gasteiger partial charge in [0.25, 0.3) is 0 Å². The summed E-state index contributed by atoms with van der Waals surface area (Å²) in [6.07, 6.45) is -10.1. The Hall–Kier alpha value is -2.57. The summed E-state index contributed by atoms with van der Waals surface area (Å²) in [5, 5.41) is 3.45. The molecule has 2 aromatic rings. The highest BCUT2D eigenvalue weighted by Crippen LogP contribution is 2.38. The van der Waals surface area contributed by atoms with Crippen LogP contribution in [0.2, 0.25) is 5.02 Å². The number of halogens is 7. The summed E-state index contributed by atoms with van der Waals surface area (Å²) in [5.41, 5.74) is -2.17. The third-order valence-electron chi connectivity index (χ3n) is 4.76. The third kappa shape index (κ3) is 4.70. The first-order valence-electron chi connectivity index (χ1n) is 8.96. The highest BCUT2D eigenvalue weighted by molar-refractivity contribution is 6.31. The summed E-state index contributed by atoms with van der Waals surface area (Å²) in [5.74, 6) is -3.22. The Balaban J connectivity index is 1.99. The second-order valence-corrected chi connectivity index (χ2v) is 7.23. The van der Waals surface area contributed by atoms with E-state index in [0.29, 0.717) is 16.9 Å². The molecule has 0 aromatic carbocycles. The van der Waals surface area contributed by atoms with E-state index in [4.69, 9.17) is 16.3 Å². The first kappa shape index (κ1) is 23.1. The summed E-state index contributed by atoms with van der Waals surface area (Å²) in [6, 6.07) is -0.918. The van der Waals surface area contributed by atoms with Crippen molar-refractivity contribution < 1.29 is 35.9 Å². The van der Waals surface area contributed by atoms with Gasteiger partial charge in [-0.1, -0.05) is 11.6 Å². The van der Waals surface area contributed by atoms with Crippen LogP contribution >= 0.6 is 11.6 Å². The third-order valence-corrected chi connectivity index (χ3v) is 5.08. The minimum Gasteiger partial charge on any atom is -0.464 e. The predicted molar refractivity (Wildman–Crippen MR) is 93.4 cm³/mol. The average molecular weight is 473 g/mol. The van der Waals surface area contributed by atoms with Crippen molar-refractivity contribution in [3.63, 3.8) is 0 Å². The fourth-order valence-corrected chi connectivity index (χ4v) is 3.49. The maximum absolute atomic E-state index is 13.3. The highest BCUT2D eigenvalue weighted by Gasteiger charge is 2.47. The van der Waals surface area contributed by atoms with Gasteiger partial charge in [0.1, 0.15) is 11.9 Å². The Morgan fingerprint density at radius 1 is 1.29 bits per heavy atom. The molecule has 2 aromatic heterocycles. The zero-order valence-electron chi connectivity index (χ0n) is 15.8. The van der Waals surface area contributed by atoms with E-state index >= 15 is 0 Å². The van der Waals surface area contributed by atoms with E-state index < -0.39 is 65.9 Å². The van der Waals surface area contributed by atoms with Crippen molar-refractivity contribution in [3.8, 4) is 0 Å². The molecule has 0 fully saturated rings. The molecule has 0 amide bonds. The highest BCUT2D eigenvalue weighted by atomic mass is 35.5. The van der Waals surface area contributed by atoms with Crippen LogP contribution in [0.1, 0.15) is 36.5 Å². The van der Waals surface area contributed by atoms with Gasteiger partial charge in [-0.05, 0) is 19.4 Å². The molecular weight excluding hydrogens is 458 g/mol. The lowest BCUT2D eigenvalue weighted by molar-refractivity contribution is -0.184. The van der Waals surface area contributed by atoms with Crippen LogP contribution in [0.4, 0.5) is 26.3 Å². The van der Waals surface area contributed by atoms with Crippen LogP contribution in [0.15, 0.2) is 17.1 Å². The van der Waals surface area contributed by atoms with Crippen LogP contribution < -0.4 is 5.69 Å². The van der Waals surface area contributed by atoms with E-state index in [0.717, 1.165) is 4.57 Å². The van der Waals surface area contributed by atoms with Gasteiger partial charge in [0, 0.05) is 12.6 Å². The summed E-state index contributed by atoms with van der Waals surface area (Å²) >= 11 is 5.83. The van der Waals surface area contributed by atoms with Gasteiger partial charge >= 0.3 is 24.0 Å². The van der Waals surface area contributed by atoms with E-state index in [9.17, 15) is 35.9 Å². The number of aromatic nitrogens is 4. The van der Waals surface area contributed by atoms with Crippen molar-refractivity contribution in [2.24, 2.45) is 5.92 Å². The topological polar surface area (TPSA) is 79.0 Å². The Kier molecular flexibility index (Phi) is 6.09. The van der Waals surface area contributed by atoms with Crippen molar-refractivity contribution in [2.45, 2.75) is 44.7 Å². The van der Waals surface area contributed by atoms with Crippen LogP contribution in [-0.2, 0) is 28.7 Å². The van der Waals surface area contributed by atoms with Crippen LogP contribution in [-0.4, -0.2) is 38.1 Å². The molecule has 0 aliphatic carbocycles. The van der Waals surface area contributed by atoms with E-state index in [1.165, 1.54) is 6.92 Å². The molecule has 2 atom stereocenters. The van der Waals surface area contributed by atoms with E-state index in [-0.39, 0.29) is 18.1 Å².